The van der Waals surface area contributed by atoms with Crippen LogP contribution in [0.25, 0.3) is 0 Å². The van der Waals surface area contributed by atoms with Crippen LogP contribution in [0.2, 0.25) is 0 Å². The first-order valence-electron chi connectivity index (χ1n) is 4.39. The molecule has 14 heavy (non-hydrogen) atoms. The summed E-state index contributed by atoms with van der Waals surface area (Å²) in [5.41, 5.74) is 5.06. The predicted molar refractivity (Wildman–Crippen MR) is 53.2 cm³/mol. The van der Waals surface area contributed by atoms with Gasteiger partial charge in [-0.25, -0.2) is 4.98 Å². The highest BCUT2D eigenvalue weighted by atomic mass is 16.5. The van der Waals surface area contributed by atoms with Crippen molar-refractivity contribution in [2.75, 3.05) is 31.6 Å². The minimum absolute atomic E-state index is 0.176. The van der Waals surface area contributed by atoms with Crippen LogP contribution in [0.3, 0.4) is 0 Å². The molecule has 0 unspecified atom stereocenters. The Morgan fingerprint density at radius 1 is 1.57 bits per heavy atom. The number of nitrogens with one attached hydrogen (secondary N) is 2. The fourth-order valence-electron chi connectivity index (χ4n) is 0.902. The van der Waals surface area contributed by atoms with Crippen LogP contribution < -0.4 is 16.6 Å². The molecule has 6 nitrogen and oxygen atoms in total. The smallest absolute Gasteiger partial charge is 0.252 e. The van der Waals surface area contributed by atoms with Gasteiger partial charge in [0.2, 0.25) is 0 Å². The number of aromatic nitrogens is 2. The molecule has 1 heterocycles. The van der Waals surface area contributed by atoms with Crippen LogP contribution in [-0.2, 0) is 4.74 Å². The van der Waals surface area contributed by atoms with Gasteiger partial charge in [-0.2, -0.15) is 0 Å². The maximum atomic E-state index is 10.8. The molecule has 4 N–H and O–H groups in total. The lowest BCUT2D eigenvalue weighted by Gasteiger charge is -2.04. The second-order valence-electron chi connectivity index (χ2n) is 2.62. The molecular formula is C8H14N4O2. The summed E-state index contributed by atoms with van der Waals surface area (Å²) in [5, 5.41) is 2.95. The van der Waals surface area contributed by atoms with Gasteiger partial charge in [-0.15, -0.1) is 0 Å². The normalized spacial score (nSPS) is 10.1. The molecule has 0 spiro atoms. The molecule has 0 aliphatic rings. The number of H-pyrrole nitrogens is 1. The second-order valence-corrected chi connectivity index (χ2v) is 2.62. The van der Waals surface area contributed by atoms with Gasteiger partial charge in [-0.05, 0) is 0 Å². The van der Waals surface area contributed by atoms with Crippen molar-refractivity contribution in [2.45, 2.75) is 0 Å². The summed E-state index contributed by atoms with van der Waals surface area (Å²) >= 11 is 0. The Hall–Kier alpha value is -1.40. The summed E-state index contributed by atoms with van der Waals surface area (Å²) < 4.78 is 5.13. The van der Waals surface area contributed by atoms with Gasteiger partial charge in [0, 0.05) is 19.2 Å². The van der Waals surface area contributed by atoms with Crippen LogP contribution in [0.5, 0.6) is 0 Å². The highest BCUT2D eigenvalue weighted by molar-refractivity contribution is 5.31. The molecule has 1 aromatic heterocycles. The van der Waals surface area contributed by atoms with E-state index in [9.17, 15) is 4.79 Å². The average molecular weight is 198 g/mol. The van der Waals surface area contributed by atoms with Crippen LogP contribution >= 0.6 is 0 Å². The van der Waals surface area contributed by atoms with E-state index in [1.165, 1.54) is 12.4 Å². The van der Waals surface area contributed by atoms with Gasteiger partial charge < -0.3 is 20.8 Å². The van der Waals surface area contributed by atoms with E-state index >= 15 is 0 Å². The van der Waals surface area contributed by atoms with Crippen LogP contribution in [0.15, 0.2) is 17.2 Å². The van der Waals surface area contributed by atoms with Crippen LogP contribution in [0.1, 0.15) is 0 Å². The molecule has 0 fully saturated rings. The van der Waals surface area contributed by atoms with Gasteiger partial charge in [0.25, 0.3) is 5.56 Å². The lowest BCUT2D eigenvalue weighted by atomic mass is 10.5. The highest BCUT2D eigenvalue weighted by Gasteiger charge is 1.93. The predicted octanol–water partition coefficient (Wildman–Crippen LogP) is -0.843. The maximum Gasteiger partial charge on any atom is 0.252 e. The van der Waals surface area contributed by atoms with Crippen LogP contribution in [0, 0.1) is 0 Å². The molecule has 1 aromatic rings. The van der Waals surface area contributed by atoms with E-state index in [1.807, 2.05) is 0 Å². The van der Waals surface area contributed by atoms with E-state index in [0.717, 1.165) is 0 Å². The zero-order valence-electron chi connectivity index (χ0n) is 7.82. The number of ether oxygens (including phenoxy) is 1. The molecule has 78 valence electrons. The second kappa shape index (κ2) is 6.11. The molecule has 0 amide bonds. The largest absolute Gasteiger partial charge is 0.378 e. The van der Waals surface area contributed by atoms with Crippen molar-refractivity contribution in [1.29, 1.82) is 0 Å². The molecule has 0 aromatic carbocycles. The zero-order chi connectivity index (χ0) is 10.2. The Bertz CT molecular complexity index is 312. The molecule has 0 radical (unpaired) electrons. The lowest BCUT2D eigenvalue weighted by molar-refractivity contribution is 0.151. The first kappa shape index (κ1) is 10.7. The Morgan fingerprint density at radius 3 is 3.14 bits per heavy atom. The van der Waals surface area contributed by atoms with E-state index in [0.29, 0.717) is 32.1 Å². The Labute approximate surface area is 81.5 Å². The van der Waals surface area contributed by atoms with Gasteiger partial charge in [0.15, 0.2) is 0 Å². The number of nitrogens with two attached hydrogens (primary N) is 1. The molecular weight excluding hydrogens is 184 g/mol. The number of nitrogens with zero attached hydrogens (tertiary/aromatic N) is 1. The molecule has 0 saturated carbocycles. The molecule has 6 heteroatoms. The lowest BCUT2D eigenvalue weighted by Crippen LogP contribution is -2.16. The van der Waals surface area contributed by atoms with Crippen molar-refractivity contribution < 1.29 is 4.74 Å². The highest BCUT2D eigenvalue weighted by Crippen LogP contribution is 1.92. The summed E-state index contributed by atoms with van der Waals surface area (Å²) in [4.78, 5) is 17.2. The Morgan fingerprint density at radius 2 is 2.43 bits per heavy atom. The number of anilines is 1. The van der Waals surface area contributed by atoms with E-state index in [1.54, 1.807) is 0 Å². The van der Waals surface area contributed by atoms with Crippen molar-refractivity contribution in [3.05, 3.63) is 22.7 Å². The third-order valence-electron chi connectivity index (χ3n) is 1.49. The standard InChI is InChI=1S/C8H14N4O2/c9-1-3-14-4-2-10-7-5-8(13)12-6-11-7/h5-6H,1-4,9H2,(H2,10,11,12,13). The van der Waals surface area contributed by atoms with Crippen molar-refractivity contribution in [3.63, 3.8) is 0 Å². The number of hydrogen-bond acceptors (Lipinski definition) is 5. The summed E-state index contributed by atoms with van der Waals surface area (Å²) in [6.45, 7) is 2.22. The summed E-state index contributed by atoms with van der Waals surface area (Å²) in [7, 11) is 0. The van der Waals surface area contributed by atoms with Crippen molar-refractivity contribution in [1.82, 2.24) is 9.97 Å². The fraction of sp³-hybridized carbons (Fsp3) is 0.500. The summed E-state index contributed by atoms with van der Waals surface area (Å²) in [6.07, 6.45) is 1.35. The van der Waals surface area contributed by atoms with Gasteiger partial charge >= 0.3 is 0 Å². The molecule has 0 aliphatic carbocycles. The summed E-state index contributed by atoms with van der Waals surface area (Å²) in [6, 6.07) is 1.39. The van der Waals surface area contributed by atoms with Crippen LogP contribution in [0.4, 0.5) is 5.82 Å². The third kappa shape index (κ3) is 4.01. The first-order valence-corrected chi connectivity index (χ1v) is 4.39. The van der Waals surface area contributed by atoms with Crippen molar-refractivity contribution in [3.8, 4) is 0 Å². The van der Waals surface area contributed by atoms with Gasteiger partial charge in [0.1, 0.15) is 5.82 Å². The van der Waals surface area contributed by atoms with E-state index in [4.69, 9.17) is 10.5 Å². The monoisotopic (exact) mass is 198 g/mol. The molecule has 0 aliphatic heterocycles. The topological polar surface area (TPSA) is 93.0 Å². The van der Waals surface area contributed by atoms with Crippen molar-refractivity contribution in [2.24, 2.45) is 5.73 Å². The maximum absolute atomic E-state index is 10.8. The minimum atomic E-state index is -0.176. The van der Waals surface area contributed by atoms with Crippen molar-refractivity contribution >= 4 is 5.82 Å². The van der Waals surface area contributed by atoms with Gasteiger partial charge in [-0.3, -0.25) is 4.79 Å². The Balaban J connectivity index is 2.21. The molecule has 0 atom stereocenters. The quantitative estimate of drug-likeness (QED) is 0.518. The number of hydrogen-bond donors (Lipinski definition) is 3. The van der Waals surface area contributed by atoms with E-state index in [2.05, 4.69) is 15.3 Å². The summed E-state index contributed by atoms with van der Waals surface area (Å²) in [5.74, 6) is 0.546. The fourth-order valence-corrected chi connectivity index (χ4v) is 0.902. The Kier molecular flexibility index (Phi) is 4.66. The van der Waals surface area contributed by atoms with Gasteiger partial charge in [-0.1, -0.05) is 0 Å². The molecule has 0 bridgehead atoms. The molecule has 0 saturated heterocycles. The average Bonchev–Trinajstić information content (AvgIpc) is 2.18. The SMILES string of the molecule is NCCOCCNc1cc(=O)[nH]cn1. The zero-order valence-corrected chi connectivity index (χ0v) is 7.82. The number of rotatable bonds is 6. The molecule has 1 rings (SSSR count). The third-order valence-corrected chi connectivity index (χ3v) is 1.49. The van der Waals surface area contributed by atoms with E-state index < -0.39 is 0 Å². The van der Waals surface area contributed by atoms with E-state index in [-0.39, 0.29) is 5.56 Å². The van der Waals surface area contributed by atoms with Gasteiger partial charge in [0.05, 0.1) is 19.5 Å². The first-order chi connectivity index (χ1) is 6.83. The van der Waals surface area contributed by atoms with Crippen LogP contribution in [-0.4, -0.2) is 36.3 Å². The number of aromatic amines is 1. The minimum Gasteiger partial charge on any atom is -0.378 e.